The van der Waals surface area contributed by atoms with E-state index in [-0.39, 0.29) is 17.1 Å². The minimum absolute atomic E-state index is 0.162. The van der Waals surface area contributed by atoms with Crippen LogP contribution in [0.3, 0.4) is 0 Å². The van der Waals surface area contributed by atoms with Crippen LogP contribution in [-0.2, 0) is 9.53 Å². The Balaban J connectivity index is 2.01. The molecule has 0 fully saturated rings. The minimum atomic E-state index is -0.701. The first-order valence-corrected chi connectivity index (χ1v) is 8.86. The lowest BCUT2D eigenvalue weighted by Crippen LogP contribution is -2.21. The summed E-state index contributed by atoms with van der Waals surface area (Å²) in [6.07, 6.45) is 0. The number of carbonyl (C=O) groups is 2. The molecule has 0 unspecified atom stereocenters. The Morgan fingerprint density at radius 3 is 2.59 bits per heavy atom. The highest BCUT2D eigenvalue weighted by atomic mass is 32.2. The zero-order valence-electron chi connectivity index (χ0n) is 14.9. The van der Waals surface area contributed by atoms with Crippen molar-refractivity contribution in [2.75, 3.05) is 31.9 Å². The van der Waals surface area contributed by atoms with Gasteiger partial charge < -0.3 is 19.5 Å². The van der Waals surface area contributed by atoms with E-state index < -0.39 is 18.5 Å². The van der Waals surface area contributed by atoms with Gasteiger partial charge in [0.1, 0.15) is 5.56 Å². The number of hydrogen-bond acceptors (Lipinski definition) is 7. The number of nitrogens with one attached hydrogen (secondary N) is 1. The number of rotatable bonds is 8. The monoisotopic (exact) mass is 386 g/mol. The number of methoxy groups -OCH3 is 2. The van der Waals surface area contributed by atoms with Crippen LogP contribution in [0.2, 0.25) is 0 Å². The lowest BCUT2D eigenvalue weighted by molar-refractivity contribution is -0.119. The molecule has 0 saturated carbocycles. The predicted molar refractivity (Wildman–Crippen MR) is 101 cm³/mol. The van der Waals surface area contributed by atoms with E-state index in [0.29, 0.717) is 11.4 Å². The smallest absolute Gasteiger partial charge is 0.342 e. The van der Waals surface area contributed by atoms with Crippen molar-refractivity contribution in [3.8, 4) is 17.6 Å². The molecule has 140 valence electrons. The fraction of sp³-hybridized carbons (Fsp3) is 0.211. The van der Waals surface area contributed by atoms with Crippen molar-refractivity contribution in [2.45, 2.75) is 4.90 Å². The first-order valence-electron chi connectivity index (χ1n) is 7.87. The molecule has 0 aliphatic carbocycles. The molecular formula is C19H18N2O5S. The van der Waals surface area contributed by atoms with Crippen LogP contribution in [-0.4, -0.2) is 38.5 Å². The van der Waals surface area contributed by atoms with Crippen molar-refractivity contribution in [1.29, 1.82) is 5.26 Å². The molecule has 1 amide bonds. The molecule has 0 atom stereocenters. The topological polar surface area (TPSA) is 97.6 Å². The number of hydrogen-bond donors (Lipinski definition) is 1. The SMILES string of the molecule is COc1cccc(C(=O)OCC(=O)Nc2ccccc2SCC#N)c1OC. The van der Waals surface area contributed by atoms with E-state index >= 15 is 0 Å². The molecule has 2 rings (SSSR count). The van der Waals surface area contributed by atoms with Gasteiger partial charge in [0.2, 0.25) is 0 Å². The van der Waals surface area contributed by atoms with E-state index in [1.165, 1.54) is 32.0 Å². The summed E-state index contributed by atoms with van der Waals surface area (Å²) >= 11 is 1.31. The normalized spacial score (nSPS) is 9.81. The molecule has 0 spiro atoms. The number of amides is 1. The van der Waals surface area contributed by atoms with E-state index in [9.17, 15) is 9.59 Å². The summed E-state index contributed by atoms with van der Waals surface area (Å²) in [6, 6.07) is 13.9. The quantitative estimate of drug-likeness (QED) is 0.550. The van der Waals surface area contributed by atoms with E-state index in [1.807, 2.05) is 12.1 Å². The van der Waals surface area contributed by atoms with Crippen LogP contribution in [0.1, 0.15) is 10.4 Å². The van der Waals surface area contributed by atoms with Crippen LogP contribution in [0.15, 0.2) is 47.4 Å². The predicted octanol–water partition coefficient (Wildman–Crippen LogP) is 3.11. The Labute approximate surface area is 161 Å². The van der Waals surface area contributed by atoms with Gasteiger partial charge in [0.15, 0.2) is 18.1 Å². The third kappa shape index (κ3) is 5.39. The number of nitriles is 1. The van der Waals surface area contributed by atoms with Gasteiger partial charge in [-0.3, -0.25) is 4.79 Å². The Morgan fingerprint density at radius 1 is 1.11 bits per heavy atom. The van der Waals surface area contributed by atoms with E-state index in [1.54, 1.807) is 30.3 Å². The van der Waals surface area contributed by atoms with Crippen LogP contribution < -0.4 is 14.8 Å². The van der Waals surface area contributed by atoms with Crippen LogP contribution in [0, 0.1) is 11.3 Å². The molecule has 0 saturated heterocycles. The standard InChI is InChI=1S/C19H18N2O5S/c1-24-15-8-5-6-13(18(15)25-2)19(23)26-12-17(22)21-14-7-3-4-9-16(14)27-11-10-20/h3-9H,11-12H2,1-2H3,(H,21,22). The third-order valence-electron chi connectivity index (χ3n) is 3.41. The number of anilines is 1. The van der Waals surface area contributed by atoms with Gasteiger partial charge in [0.05, 0.1) is 31.7 Å². The maximum atomic E-state index is 12.3. The summed E-state index contributed by atoms with van der Waals surface area (Å²) in [7, 11) is 2.87. The molecule has 8 heteroatoms. The average molecular weight is 386 g/mol. The van der Waals surface area contributed by atoms with Crippen LogP contribution in [0.25, 0.3) is 0 Å². The second-order valence-electron chi connectivity index (χ2n) is 5.11. The van der Waals surface area contributed by atoms with E-state index in [4.69, 9.17) is 19.5 Å². The fourth-order valence-electron chi connectivity index (χ4n) is 2.25. The second kappa shape index (κ2) is 10.1. The van der Waals surface area contributed by atoms with Crippen molar-refractivity contribution in [2.24, 2.45) is 0 Å². The van der Waals surface area contributed by atoms with Crippen LogP contribution in [0.5, 0.6) is 11.5 Å². The van der Waals surface area contributed by atoms with Gasteiger partial charge in [-0.05, 0) is 24.3 Å². The molecule has 27 heavy (non-hydrogen) atoms. The Morgan fingerprint density at radius 2 is 1.89 bits per heavy atom. The summed E-state index contributed by atoms with van der Waals surface area (Å²) in [5.41, 5.74) is 0.715. The molecule has 2 aromatic carbocycles. The number of para-hydroxylation sites is 2. The molecule has 0 bridgehead atoms. The highest BCUT2D eigenvalue weighted by Crippen LogP contribution is 2.31. The van der Waals surface area contributed by atoms with Crippen molar-refractivity contribution in [3.63, 3.8) is 0 Å². The molecule has 0 radical (unpaired) electrons. The highest BCUT2D eigenvalue weighted by molar-refractivity contribution is 7.99. The number of carbonyl (C=O) groups excluding carboxylic acids is 2. The number of benzene rings is 2. The van der Waals surface area contributed by atoms with Crippen molar-refractivity contribution in [1.82, 2.24) is 0 Å². The van der Waals surface area contributed by atoms with E-state index in [0.717, 1.165) is 4.90 Å². The van der Waals surface area contributed by atoms with Gasteiger partial charge in [0, 0.05) is 4.90 Å². The summed E-state index contributed by atoms with van der Waals surface area (Å²) in [4.78, 5) is 25.2. The number of ether oxygens (including phenoxy) is 3. The first-order chi connectivity index (χ1) is 13.1. The van der Waals surface area contributed by atoms with Crippen molar-refractivity contribution in [3.05, 3.63) is 48.0 Å². The Bertz CT molecular complexity index is 863. The molecular weight excluding hydrogens is 368 g/mol. The fourth-order valence-corrected chi connectivity index (χ4v) is 2.92. The van der Waals surface area contributed by atoms with Crippen molar-refractivity contribution >= 4 is 29.3 Å². The van der Waals surface area contributed by atoms with Gasteiger partial charge in [-0.1, -0.05) is 18.2 Å². The van der Waals surface area contributed by atoms with Gasteiger partial charge in [-0.25, -0.2) is 4.79 Å². The minimum Gasteiger partial charge on any atom is -0.493 e. The summed E-state index contributed by atoms with van der Waals surface area (Å²) in [5, 5.41) is 11.4. The summed E-state index contributed by atoms with van der Waals surface area (Å²) in [5.74, 6) is -0.302. The lowest BCUT2D eigenvalue weighted by atomic mass is 10.2. The summed E-state index contributed by atoms with van der Waals surface area (Å²) < 4.78 is 15.4. The van der Waals surface area contributed by atoms with Gasteiger partial charge >= 0.3 is 5.97 Å². The molecule has 0 aromatic heterocycles. The number of esters is 1. The lowest BCUT2D eigenvalue weighted by Gasteiger charge is -2.12. The largest absolute Gasteiger partial charge is 0.493 e. The molecule has 2 aromatic rings. The Kier molecular flexibility index (Phi) is 7.52. The van der Waals surface area contributed by atoms with Crippen molar-refractivity contribution < 1.29 is 23.8 Å². The Hall–Kier alpha value is -3.18. The van der Waals surface area contributed by atoms with Crippen LogP contribution >= 0.6 is 11.8 Å². The maximum absolute atomic E-state index is 12.3. The zero-order valence-corrected chi connectivity index (χ0v) is 15.7. The molecule has 0 heterocycles. The molecule has 0 aliphatic heterocycles. The van der Waals surface area contributed by atoms with Gasteiger partial charge in [0.25, 0.3) is 5.91 Å². The molecule has 0 aliphatic rings. The third-order valence-corrected chi connectivity index (χ3v) is 4.35. The molecule has 1 N–H and O–H groups in total. The number of nitrogens with zero attached hydrogens (tertiary/aromatic N) is 1. The molecule has 7 nitrogen and oxygen atoms in total. The average Bonchev–Trinajstić information content (AvgIpc) is 2.70. The van der Waals surface area contributed by atoms with E-state index in [2.05, 4.69) is 5.32 Å². The highest BCUT2D eigenvalue weighted by Gasteiger charge is 2.19. The van der Waals surface area contributed by atoms with Gasteiger partial charge in [-0.2, -0.15) is 5.26 Å². The number of thioether (sulfide) groups is 1. The second-order valence-corrected chi connectivity index (χ2v) is 6.13. The summed E-state index contributed by atoms with van der Waals surface area (Å²) in [6.45, 7) is -0.462. The zero-order chi connectivity index (χ0) is 19.6. The van der Waals surface area contributed by atoms with Gasteiger partial charge in [-0.15, -0.1) is 11.8 Å². The maximum Gasteiger partial charge on any atom is 0.342 e. The first kappa shape index (κ1) is 20.1. The van der Waals surface area contributed by atoms with Crippen LogP contribution in [0.4, 0.5) is 5.69 Å².